The predicted octanol–water partition coefficient (Wildman–Crippen LogP) is 5.28. The van der Waals surface area contributed by atoms with Gasteiger partial charge in [0.25, 0.3) is 5.91 Å². The van der Waals surface area contributed by atoms with Gasteiger partial charge < -0.3 is 5.32 Å². The maximum absolute atomic E-state index is 12.7. The Labute approximate surface area is 183 Å². The fourth-order valence-corrected chi connectivity index (χ4v) is 7.56. The van der Waals surface area contributed by atoms with Gasteiger partial charge in [0, 0.05) is 6.54 Å². The lowest BCUT2D eigenvalue weighted by molar-refractivity contribution is 0.0895. The van der Waals surface area contributed by atoms with E-state index in [0.29, 0.717) is 46.7 Å². The molecule has 0 spiro atoms. The first-order valence-electron chi connectivity index (χ1n) is 10.7. The number of halogens is 2. The van der Waals surface area contributed by atoms with Crippen LogP contribution in [0.15, 0.2) is 18.2 Å². The molecule has 1 aromatic carbocycles. The summed E-state index contributed by atoms with van der Waals surface area (Å²) in [7, 11) is -2.99. The summed E-state index contributed by atoms with van der Waals surface area (Å²) < 4.78 is 25.4. The minimum absolute atomic E-state index is 0.0177. The van der Waals surface area contributed by atoms with E-state index in [1.807, 2.05) is 0 Å². The fourth-order valence-electron chi connectivity index (χ4n) is 4.77. The summed E-state index contributed by atoms with van der Waals surface area (Å²) in [6.07, 6.45) is 8.82. The lowest BCUT2D eigenvalue weighted by Gasteiger charge is -2.40. The summed E-state index contributed by atoms with van der Waals surface area (Å²) in [5, 5.41) is 3.55. The van der Waals surface area contributed by atoms with Crippen molar-refractivity contribution in [1.82, 2.24) is 5.32 Å². The second-order valence-electron chi connectivity index (χ2n) is 9.40. The fraction of sp³-hybridized carbons (Fsp3) is 0.682. The average Bonchev–Trinajstić information content (AvgIpc) is 3.58. The molecular formula is C22H29Cl2NO3S. The van der Waals surface area contributed by atoms with Crippen molar-refractivity contribution in [2.75, 3.05) is 12.3 Å². The zero-order valence-electron chi connectivity index (χ0n) is 16.6. The van der Waals surface area contributed by atoms with Gasteiger partial charge in [0.15, 0.2) is 9.84 Å². The molecule has 3 fully saturated rings. The number of nitrogens with one attached hydrogen (secondary N) is 1. The number of amides is 1. The Morgan fingerprint density at radius 1 is 1.00 bits per heavy atom. The summed E-state index contributed by atoms with van der Waals surface area (Å²) in [5.74, 6) is 1.24. The second-order valence-corrected chi connectivity index (χ2v) is 12.5. The van der Waals surface area contributed by atoms with Crippen LogP contribution >= 0.6 is 23.2 Å². The van der Waals surface area contributed by atoms with Crippen molar-refractivity contribution < 1.29 is 13.2 Å². The third kappa shape index (κ3) is 5.29. The molecule has 3 aliphatic carbocycles. The van der Waals surface area contributed by atoms with Crippen molar-refractivity contribution in [3.8, 4) is 0 Å². The van der Waals surface area contributed by atoms with E-state index in [1.165, 1.54) is 12.8 Å². The molecule has 0 radical (unpaired) electrons. The Kier molecular flexibility index (Phi) is 6.21. The summed E-state index contributed by atoms with van der Waals surface area (Å²) in [4.78, 5) is 12.7. The highest BCUT2D eigenvalue weighted by atomic mass is 35.5. The highest BCUT2D eigenvalue weighted by Gasteiger charge is 2.43. The summed E-state index contributed by atoms with van der Waals surface area (Å²) in [5.41, 5.74) is 0.300. The minimum Gasteiger partial charge on any atom is -0.351 e. The highest BCUT2D eigenvalue weighted by Crippen LogP contribution is 2.49. The number of rotatable bonds is 8. The minimum atomic E-state index is -2.99. The van der Waals surface area contributed by atoms with E-state index in [1.54, 1.807) is 18.2 Å². The van der Waals surface area contributed by atoms with Crippen molar-refractivity contribution in [2.45, 2.75) is 63.0 Å². The summed E-state index contributed by atoms with van der Waals surface area (Å²) in [6.45, 7) is 0.555. The van der Waals surface area contributed by atoms with Crippen molar-refractivity contribution in [3.05, 3.63) is 33.8 Å². The van der Waals surface area contributed by atoms with Gasteiger partial charge in [-0.1, -0.05) is 42.1 Å². The number of carbonyl (C=O) groups is 1. The SMILES string of the molecule is O=C(NCC1(CC2CC2)CCC(S(=O)(=O)CC2CC2)CC1)c1c(Cl)cccc1Cl. The number of hydrogen-bond acceptors (Lipinski definition) is 3. The van der Waals surface area contributed by atoms with Gasteiger partial charge in [-0.25, -0.2) is 8.42 Å². The van der Waals surface area contributed by atoms with Crippen LogP contribution in [0.3, 0.4) is 0 Å². The van der Waals surface area contributed by atoms with Crippen LogP contribution in [0.4, 0.5) is 0 Å². The number of carbonyl (C=O) groups excluding carboxylic acids is 1. The Hall–Kier alpha value is -0.780. The number of benzene rings is 1. The van der Waals surface area contributed by atoms with Crippen LogP contribution in [0.5, 0.6) is 0 Å². The lowest BCUT2D eigenvalue weighted by Crippen LogP contribution is -2.43. The standard InChI is InChI=1S/C22H29Cl2NO3S/c23-18-2-1-3-19(24)20(18)21(26)25-14-22(12-15-4-5-15)10-8-17(9-11-22)29(27,28)13-16-6-7-16/h1-3,15-17H,4-14H2,(H,25,26). The molecule has 0 unspecified atom stereocenters. The monoisotopic (exact) mass is 457 g/mol. The normalized spacial score (nSPS) is 27.6. The van der Waals surface area contributed by atoms with E-state index in [4.69, 9.17) is 23.2 Å². The Bertz CT molecular complexity index is 850. The molecule has 3 aliphatic rings. The second kappa shape index (κ2) is 8.39. The van der Waals surface area contributed by atoms with Crippen LogP contribution in [0.2, 0.25) is 10.0 Å². The molecule has 0 aliphatic heterocycles. The molecule has 1 amide bonds. The van der Waals surface area contributed by atoms with Gasteiger partial charge in [-0.05, 0) is 74.3 Å². The van der Waals surface area contributed by atoms with Crippen molar-refractivity contribution >= 4 is 38.9 Å². The van der Waals surface area contributed by atoms with E-state index < -0.39 is 9.84 Å². The molecule has 0 atom stereocenters. The lowest BCUT2D eigenvalue weighted by atomic mass is 9.70. The highest BCUT2D eigenvalue weighted by molar-refractivity contribution is 7.92. The van der Waals surface area contributed by atoms with Gasteiger partial charge >= 0.3 is 0 Å². The van der Waals surface area contributed by atoms with E-state index >= 15 is 0 Å². The zero-order valence-corrected chi connectivity index (χ0v) is 19.0. The summed E-state index contributed by atoms with van der Waals surface area (Å²) in [6, 6.07) is 5.05. The van der Waals surface area contributed by atoms with Crippen LogP contribution in [-0.2, 0) is 9.84 Å². The molecular weight excluding hydrogens is 429 g/mol. The molecule has 1 N–H and O–H groups in total. The van der Waals surface area contributed by atoms with Crippen LogP contribution in [0.25, 0.3) is 0 Å². The van der Waals surface area contributed by atoms with Gasteiger partial charge in [0.1, 0.15) is 0 Å². The quantitative estimate of drug-likeness (QED) is 0.577. The molecule has 0 heterocycles. The summed E-state index contributed by atoms with van der Waals surface area (Å²) >= 11 is 12.4. The Balaban J connectivity index is 1.41. The molecule has 29 heavy (non-hydrogen) atoms. The maximum atomic E-state index is 12.7. The van der Waals surface area contributed by atoms with E-state index in [-0.39, 0.29) is 16.6 Å². The first-order chi connectivity index (χ1) is 13.8. The largest absolute Gasteiger partial charge is 0.351 e. The Morgan fingerprint density at radius 2 is 1.59 bits per heavy atom. The average molecular weight is 458 g/mol. The van der Waals surface area contributed by atoms with Gasteiger partial charge in [-0.3, -0.25) is 4.79 Å². The third-order valence-corrected chi connectivity index (χ3v) is 9.95. The number of hydrogen-bond donors (Lipinski definition) is 1. The van der Waals surface area contributed by atoms with Crippen LogP contribution < -0.4 is 5.32 Å². The third-order valence-electron chi connectivity index (χ3n) is 6.90. The smallest absolute Gasteiger partial charge is 0.254 e. The van der Waals surface area contributed by atoms with Gasteiger partial charge in [-0.15, -0.1) is 0 Å². The number of sulfone groups is 1. The molecule has 4 rings (SSSR count). The molecule has 0 aromatic heterocycles. The van der Waals surface area contributed by atoms with Crippen molar-refractivity contribution in [3.63, 3.8) is 0 Å². The topological polar surface area (TPSA) is 63.2 Å². The van der Waals surface area contributed by atoms with Crippen molar-refractivity contribution in [2.24, 2.45) is 17.3 Å². The molecule has 160 valence electrons. The molecule has 3 saturated carbocycles. The predicted molar refractivity (Wildman–Crippen MR) is 117 cm³/mol. The van der Waals surface area contributed by atoms with E-state index in [0.717, 1.165) is 38.0 Å². The molecule has 4 nitrogen and oxygen atoms in total. The van der Waals surface area contributed by atoms with Crippen LogP contribution in [0.1, 0.15) is 68.1 Å². The van der Waals surface area contributed by atoms with Gasteiger partial charge in [0.05, 0.1) is 26.6 Å². The van der Waals surface area contributed by atoms with Crippen molar-refractivity contribution in [1.29, 1.82) is 0 Å². The first kappa shape index (κ1) is 21.5. The molecule has 1 aromatic rings. The van der Waals surface area contributed by atoms with E-state index in [9.17, 15) is 13.2 Å². The first-order valence-corrected chi connectivity index (χ1v) is 13.2. The maximum Gasteiger partial charge on any atom is 0.254 e. The van der Waals surface area contributed by atoms with Gasteiger partial charge in [0.2, 0.25) is 0 Å². The van der Waals surface area contributed by atoms with Gasteiger partial charge in [-0.2, -0.15) is 0 Å². The van der Waals surface area contributed by atoms with E-state index in [2.05, 4.69) is 5.32 Å². The molecule has 0 bridgehead atoms. The zero-order chi connectivity index (χ0) is 20.6. The molecule has 7 heteroatoms. The Morgan fingerprint density at radius 3 is 2.14 bits per heavy atom. The van der Waals surface area contributed by atoms with Crippen LogP contribution in [-0.4, -0.2) is 31.9 Å². The van der Waals surface area contributed by atoms with Crippen LogP contribution in [0, 0.1) is 17.3 Å². The molecule has 0 saturated heterocycles.